The van der Waals surface area contributed by atoms with Crippen LogP contribution in [0.3, 0.4) is 0 Å². The van der Waals surface area contributed by atoms with Gasteiger partial charge in [-0.2, -0.15) is 0 Å². The van der Waals surface area contributed by atoms with Gasteiger partial charge < -0.3 is 4.74 Å². The lowest BCUT2D eigenvalue weighted by molar-refractivity contribution is 0.0902. The van der Waals surface area contributed by atoms with Crippen LogP contribution in [0.25, 0.3) is 0 Å². The summed E-state index contributed by atoms with van der Waals surface area (Å²) in [5.41, 5.74) is 0.781. The fourth-order valence-corrected chi connectivity index (χ4v) is 3.18. The Morgan fingerprint density at radius 2 is 2.10 bits per heavy atom. The van der Waals surface area contributed by atoms with Crippen molar-refractivity contribution in [2.45, 2.75) is 32.2 Å². The minimum absolute atomic E-state index is 0.202. The van der Waals surface area contributed by atoms with Crippen molar-refractivity contribution in [3.05, 3.63) is 34.3 Å². The Hall–Kier alpha value is -0.710. The van der Waals surface area contributed by atoms with Crippen LogP contribution in [0.15, 0.2) is 28.7 Å². The second kappa shape index (κ2) is 8.06. The summed E-state index contributed by atoms with van der Waals surface area (Å²) >= 11 is 3.45. The monoisotopic (exact) mass is 353 g/mol. The fraction of sp³-hybridized carbons (Fsp3) is 0.588. The number of hydrogen-bond acceptors (Lipinski definition) is 3. The van der Waals surface area contributed by atoms with Crippen LogP contribution in [0.2, 0.25) is 0 Å². The smallest absolute Gasteiger partial charge is 0.165 e. The van der Waals surface area contributed by atoms with Crippen LogP contribution < -0.4 is 0 Å². The maximum atomic E-state index is 12.4. The average molecular weight is 354 g/mol. The Morgan fingerprint density at radius 1 is 1.38 bits per heavy atom. The molecular formula is C17H24BrNO2. The Bertz CT molecular complexity index is 474. The number of carbonyl (C=O) groups excluding carboxylic acids is 1. The third kappa shape index (κ3) is 4.90. The van der Waals surface area contributed by atoms with E-state index >= 15 is 0 Å². The minimum Gasteiger partial charge on any atom is -0.383 e. The Labute approximate surface area is 135 Å². The van der Waals surface area contributed by atoms with Crippen LogP contribution in [0.4, 0.5) is 0 Å². The van der Waals surface area contributed by atoms with Gasteiger partial charge in [-0.25, -0.2) is 0 Å². The van der Waals surface area contributed by atoms with Gasteiger partial charge in [0, 0.05) is 42.7 Å². The maximum absolute atomic E-state index is 12.4. The van der Waals surface area contributed by atoms with Gasteiger partial charge in [-0.3, -0.25) is 9.69 Å². The molecule has 0 saturated heterocycles. The molecule has 1 unspecified atom stereocenters. The van der Waals surface area contributed by atoms with E-state index in [4.69, 9.17) is 4.74 Å². The molecule has 0 heterocycles. The molecule has 21 heavy (non-hydrogen) atoms. The number of Topliss-reactive ketones (excluding diaryl/α,β-unsaturated/α-hetero) is 1. The molecule has 4 heteroatoms. The van der Waals surface area contributed by atoms with Crippen molar-refractivity contribution in [2.75, 3.05) is 26.8 Å². The number of benzene rings is 1. The van der Waals surface area contributed by atoms with E-state index in [2.05, 4.69) is 27.8 Å². The third-order valence-electron chi connectivity index (χ3n) is 4.26. The number of methoxy groups -OCH3 is 1. The van der Waals surface area contributed by atoms with Crippen molar-refractivity contribution in [1.82, 2.24) is 4.90 Å². The highest BCUT2D eigenvalue weighted by Crippen LogP contribution is 2.35. The highest BCUT2D eigenvalue weighted by molar-refractivity contribution is 9.10. The lowest BCUT2D eigenvalue weighted by atomic mass is 10.1. The van der Waals surface area contributed by atoms with Crippen LogP contribution in [0.1, 0.15) is 36.5 Å². The normalized spacial score (nSPS) is 16.2. The molecule has 1 aromatic carbocycles. The molecule has 0 bridgehead atoms. The van der Waals surface area contributed by atoms with Gasteiger partial charge in [0.1, 0.15) is 0 Å². The van der Waals surface area contributed by atoms with Gasteiger partial charge in [0.15, 0.2) is 5.78 Å². The molecule has 1 aliphatic carbocycles. The number of carbonyl (C=O) groups is 1. The van der Waals surface area contributed by atoms with Crippen LogP contribution in [-0.2, 0) is 4.74 Å². The molecule has 1 aromatic rings. The predicted molar refractivity (Wildman–Crippen MR) is 88.7 cm³/mol. The van der Waals surface area contributed by atoms with Crippen molar-refractivity contribution in [1.29, 1.82) is 0 Å². The van der Waals surface area contributed by atoms with Crippen molar-refractivity contribution < 1.29 is 9.53 Å². The zero-order chi connectivity index (χ0) is 15.2. The van der Waals surface area contributed by atoms with Crippen molar-refractivity contribution >= 4 is 21.7 Å². The quantitative estimate of drug-likeness (QED) is 0.633. The van der Waals surface area contributed by atoms with Gasteiger partial charge in [0.25, 0.3) is 0 Å². The van der Waals surface area contributed by atoms with E-state index in [9.17, 15) is 4.79 Å². The zero-order valence-electron chi connectivity index (χ0n) is 12.8. The van der Waals surface area contributed by atoms with Crippen LogP contribution in [0.5, 0.6) is 0 Å². The second-order valence-corrected chi connectivity index (χ2v) is 6.61. The van der Waals surface area contributed by atoms with Crippen molar-refractivity contribution in [2.24, 2.45) is 5.92 Å². The van der Waals surface area contributed by atoms with Gasteiger partial charge in [-0.15, -0.1) is 0 Å². The van der Waals surface area contributed by atoms with E-state index < -0.39 is 0 Å². The summed E-state index contributed by atoms with van der Waals surface area (Å²) in [6.45, 7) is 4.70. The first-order valence-electron chi connectivity index (χ1n) is 7.64. The average Bonchev–Trinajstić information content (AvgIpc) is 3.31. The molecule has 1 fully saturated rings. The number of nitrogens with zero attached hydrogens (tertiary/aromatic N) is 1. The molecular weight excluding hydrogens is 330 g/mol. The zero-order valence-corrected chi connectivity index (χ0v) is 14.4. The summed E-state index contributed by atoms with van der Waals surface area (Å²) in [5.74, 6) is 1.01. The van der Waals surface area contributed by atoms with Crippen molar-refractivity contribution in [3.8, 4) is 0 Å². The molecule has 1 saturated carbocycles. The fourth-order valence-electron chi connectivity index (χ4n) is 2.67. The first kappa shape index (κ1) is 16.7. The minimum atomic E-state index is 0.202. The number of ketones is 1. The summed E-state index contributed by atoms with van der Waals surface area (Å²) < 4.78 is 6.08. The van der Waals surface area contributed by atoms with Crippen molar-refractivity contribution in [3.63, 3.8) is 0 Å². The molecule has 0 amide bonds. The summed E-state index contributed by atoms with van der Waals surface area (Å²) in [5, 5.41) is 0. The maximum Gasteiger partial charge on any atom is 0.165 e. The van der Waals surface area contributed by atoms with Crippen LogP contribution in [0, 0.1) is 5.92 Å². The van der Waals surface area contributed by atoms with Gasteiger partial charge in [-0.05, 0) is 31.7 Å². The highest BCUT2D eigenvalue weighted by Gasteiger charge is 2.31. The summed E-state index contributed by atoms with van der Waals surface area (Å²) in [6.07, 6.45) is 3.20. The Kier molecular flexibility index (Phi) is 6.40. The van der Waals surface area contributed by atoms with Gasteiger partial charge >= 0.3 is 0 Å². The lowest BCUT2D eigenvalue weighted by Gasteiger charge is -2.28. The molecule has 0 radical (unpaired) electrons. The largest absolute Gasteiger partial charge is 0.383 e. The topological polar surface area (TPSA) is 29.5 Å². The Morgan fingerprint density at radius 3 is 2.71 bits per heavy atom. The molecule has 3 nitrogen and oxygen atoms in total. The second-order valence-electron chi connectivity index (χ2n) is 5.76. The van der Waals surface area contributed by atoms with E-state index in [0.717, 1.165) is 35.7 Å². The number of rotatable bonds is 9. The molecule has 2 rings (SSSR count). The molecule has 0 N–H and O–H groups in total. The number of hydrogen-bond donors (Lipinski definition) is 0. The molecule has 0 aliphatic heterocycles. The predicted octanol–water partition coefficient (Wildman–Crippen LogP) is 3.77. The van der Waals surface area contributed by atoms with Gasteiger partial charge in [0.05, 0.1) is 6.61 Å². The third-order valence-corrected chi connectivity index (χ3v) is 4.95. The summed E-state index contributed by atoms with van der Waals surface area (Å²) in [4.78, 5) is 14.8. The summed E-state index contributed by atoms with van der Waals surface area (Å²) in [6, 6.07) is 8.19. The van der Waals surface area contributed by atoms with Crippen LogP contribution >= 0.6 is 15.9 Å². The van der Waals surface area contributed by atoms with E-state index in [-0.39, 0.29) is 5.78 Å². The van der Waals surface area contributed by atoms with E-state index in [1.165, 1.54) is 12.8 Å². The first-order valence-corrected chi connectivity index (χ1v) is 8.43. The molecule has 1 aliphatic rings. The van der Waals surface area contributed by atoms with E-state index in [1.807, 2.05) is 24.3 Å². The molecule has 1 atom stereocenters. The SMILES string of the molecule is COCCN(CCC(=O)c1ccccc1Br)C(C)C1CC1. The van der Waals surface area contributed by atoms with Gasteiger partial charge in [-0.1, -0.05) is 34.1 Å². The lowest BCUT2D eigenvalue weighted by Crippen LogP contribution is -2.38. The molecule has 116 valence electrons. The molecule has 0 spiro atoms. The summed E-state index contributed by atoms with van der Waals surface area (Å²) in [7, 11) is 1.73. The van der Waals surface area contributed by atoms with E-state index in [1.54, 1.807) is 7.11 Å². The number of halogens is 1. The van der Waals surface area contributed by atoms with Crippen LogP contribution in [-0.4, -0.2) is 43.5 Å². The van der Waals surface area contributed by atoms with E-state index in [0.29, 0.717) is 12.5 Å². The highest BCUT2D eigenvalue weighted by atomic mass is 79.9. The first-order chi connectivity index (χ1) is 10.1. The standard InChI is InChI=1S/C17H24BrNO2/c1-13(14-7-8-14)19(11-12-21-2)10-9-17(20)15-5-3-4-6-16(15)18/h3-6,13-14H,7-12H2,1-2H3. The Balaban J connectivity index is 1.91. The molecule has 0 aromatic heterocycles. The van der Waals surface area contributed by atoms with Gasteiger partial charge in [0.2, 0.25) is 0 Å². The number of ether oxygens (including phenoxy) is 1.